The predicted molar refractivity (Wildman–Crippen MR) is 75.7 cm³/mol. The molecule has 0 aliphatic carbocycles. The van der Waals surface area contributed by atoms with Gasteiger partial charge < -0.3 is 15.5 Å². The third-order valence-electron chi connectivity index (χ3n) is 2.77. The zero-order chi connectivity index (χ0) is 15.7. The van der Waals surface area contributed by atoms with E-state index in [1.807, 2.05) is 6.07 Å². The summed E-state index contributed by atoms with van der Waals surface area (Å²) < 4.78 is 0. The SMILES string of the molecule is N#CCCN(C(=O)N[C@@H](CCO)C(=O)O)c1ccccc1. The number of para-hydroxylation sites is 1. The molecule has 0 saturated carbocycles. The van der Waals surface area contributed by atoms with Crippen LogP contribution in [0.15, 0.2) is 30.3 Å². The van der Waals surface area contributed by atoms with Crippen LogP contribution in [0.5, 0.6) is 0 Å². The molecule has 1 atom stereocenters. The van der Waals surface area contributed by atoms with Crippen molar-refractivity contribution in [3.05, 3.63) is 30.3 Å². The van der Waals surface area contributed by atoms with Crippen LogP contribution < -0.4 is 10.2 Å². The second kappa shape index (κ2) is 8.55. The summed E-state index contributed by atoms with van der Waals surface area (Å²) in [6, 6.07) is 8.82. The summed E-state index contributed by atoms with van der Waals surface area (Å²) in [7, 11) is 0. The van der Waals surface area contributed by atoms with Gasteiger partial charge >= 0.3 is 12.0 Å². The fraction of sp³-hybridized carbons (Fsp3) is 0.357. The highest BCUT2D eigenvalue weighted by molar-refractivity contribution is 5.94. The van der Waals surface area contributed by atoms with Crippen LogP contribution in [0.1, 0.15) is 12.8 Å². The molecule has 0 spiro atoms. The number of aliphatic carboxylic acids is 1. The molecule has 0 unspecified atom stereocenters. The van der Waals surface area contributed by atoms with Crippen LogP contribution in [-0.2, 0) is 4.79 Å². The van der Waals surface area contributed by atoms with Crippen molar-refractivity contribution in [3.63, 3.8) is 0 Å². The first-order chi connectivity index (χ1) is 10.1. The van der Waals surface area contributed by atoms with E-state index in [1.165, 1.54) is 4.90 Å². The van der Waals surface area contributed by atoms with Gasteiger partial charge in [-0.3, -0.25) is 4.90 Å². The van der Waals surface area contributed by atoms with Gasteiger partial charge in [-0.05, 0) is 12.1 Å². The highest BCUT2D eigenvalue weighted by Crippen LogP contribution is 2.14. The lowest BCUT2D eigenvalue weighted by atomic mass is 10.2. The van der Waals surface area contributed by atoms with Crippen molar-refractivity contribution in [1.29, 1.82) is 5.26 Å². The second-order valence-electron chi connectivity index (χ2n) is 4.25. The number of hydrogen-bond acceptors (Lipinski definition) is 4. The fourth-order valence-corrected chi connectivity index (χ4v) is 1.73. The number of carbonyl (C=O) groups is 2. The van der Waals surface area contributed by atoms with Gasteiger partial charge in [-0.1, -0.05) is 18.2 Å². The number of rotatable bonds is 7. The summed E-state index contributed by atoms with van der Waals surface area (Å²) in [5.41, 5.74) is 0.568. The van der Waals surface area contributed by atoms with E-state index in [0.717, 1.165) is 0 Å². The number of amides is 2. The number of anilines is 1. The number of carboxylic acid groups (broad SMARTS) is 1. The molecule has 0 radical (unpaired) electrons. The van der Waals surface area contributed by atoms with Crippen LogP contribution in [0, 0.1) is 11.3 Å². The minimum atomic E-state index is -1.22. The maximum absolute atomic E-state index is 12.2. The molecule has 0 fully saturated rings. The Morgan fingerprint density at radius 3 is 2.52 bits per heavy atom. The number of nitriles is 1. The molecule has 0 aliphatic heterocycles. The highest BCUT2D eigenvalue weighted by atomic mass is 16.4. The van der Waals surface area contributed by atoms with Crippen LogP contribution in [0.2, 0.25) is 0 Å². The third-order valence-corrected chi connectivity index (χ3v) is 2.77. The van der Waals surface area contributed by atoms with Gasteiger partial charge in [-0.25, -0.2) is 9.59 Å². The first kappa shape index (κ1) is 16.5. The molecule has 0 aromatic heterocycles. The summed E-state index contributed by atoms with van der Waals surface area (Å²) in [6.45, 7) is -0.196. The number of carbonyl (C=O) groups excluding carboxylic acids is 1. The fourth-order valence-electron chi connectivity index (χ4n) is 1.73. The van der Waals surface area contributed by atoms with E-state index in [1.54, 1.807) is 30.3 Å². The Morgan fingerprint density at radius 2 is 2.00 bits per heavy atom. The molecule has 0 heterocycles. The maximum Gasteiger partial charge on any atom is 0.326 e. The van der Waals surface area contributed by atoms with Crippen molar-refractivity contribution in [3.8, 4) is 6.07 Å². The van der Waals surface area contributed by atoms with E-state index in [2.05, 4.69) is 5.32 Å². The molecule has 21 heavy (non-hydrogen) atoms. The van der Waals surface area contributed by atoms with Crippen molar-refractivity contribution in [2.75, 3.05) is 18.1 Å². The number of hydrogen-bond donors (Lipinski definition) is 3. The first-order valence-electron chi connectivity index (χ1n) is 6.43. The lowest BCUT2D eigenvalue weighted by Gasteiger charge is -2.24. The van der Waals surface area contributed by atoms with Gasteiger partial charge in [0.25, 0.3) is 0 Å². The molecule has 3 N–H and O–H groups in total. The highest BCUT2D eigenvalue weighted by Gasteiger charge is 2.23. The Labute approximate surface area is 122 Å². The lowest BCUT2D eigenvalue weighted by molar-refractivity contribution is -0.139. The van der Waals surface area contributed by atoms with Gasteiger partial charge in [0.2, 0.25) is 0 Å². The maximum atomic E-state index is 12.2. The van der Waals surface area contributed by atoms with E-state index < -0.39 is 18.0 Å². The minimum absolute atomic E-state index is 0.0814. The number of carboxylic acids is 1. The molecule has 1 aromatic carbocycles. The summed E-state index contributed by atoms with van der Waals surface area (Å²) in [5, 5.41) is 28.8. The zero-order valence-corrected chi connectivity index (χ0v) is 11.4. The monoisotopic (exact) mass is 291 g/mol. The van der Waals surface area contributed by atoms with Gasteiger partial charge in [0.05, 0.1) is 12.5 Å². The predicted octanol–water partition coefficient (Wildman–Crippen LogP) is 0.952. The Balaban J connectivity index is 2.85. The normalized spacial score (nSPS) is 11.2. The number of aliphatic hydroxyl groups is 1. The molecule has 0 saturated heterocycles. The number of nitrogens with zero attached hydrogens (tertiary/aromatic N) is 2. The Bertz CT molecular complexity index is 513. The molecule has 7 heteroatoms. The van der Waals surface area contributed by atoms with Crippen molar-refractivity contribution in [1.82, 2.24) is 5.32 Å². The molecule has 0 bridgehead atoms. The number of urea groups is 1. The van der Waals surface area contributed by atoms with E-state index in [4.69, 9.17) is 15.5 Å². The molecule has 1 aromatic rings. The molecular formula is C14H17N3O4. The van der Waals surface area contributed by atoms with Crippen molar-refractivity contribution < 1.29 is 19.8 Å². The van der Waals surface area contributed by atoms with Gasteiger partial charge in [-0.15, -0.1) is 0 Å². The van der Waals surface area contributed by atoms with Gasteiger partial charge in [0.1, 0.15) is 6.04 Å². The van der Waals surface area contributed by atoms with Crippen molar-refractivity contribution in [2.24, 2.45) is 0 Å². The topological polar surface area (TPSA) is 114 Å². The molecular weight excluding hydrogens is 274 g/mol. The first-order valence-corrected chi connectivity index (χ1v) is 6.43. The summed E-state index contributed by atoms with van der Waals surface area (Å²) in [4.78, 5) is 24.5. The van der Waals surface area contributed by atoms with Gasteiger partial charge in [0.15, 0.2) is 0 Å². The zero-order valence-electron chi connectivity index (χ0n) is 11.4. The standard InChI is InChI=1S/C14H17N3O4/c15-8-4-9-17(11-5-2-1-3-6-11)14(21)16-12(7-10-18)13(19)20/h1-3,5-6,12,18H,4,7,9-10H2,(H,16,21)(H,19,20)/t12-/m0/s1. The van der Waals surface area contributed by atoms with Crippen LogP contribution in [0.25, 0.3) is 0 Å². The quantitative estimate of drug-likeness (QED) is 0.692. The smallest absolute Gasteiger partial charge is 0.326 e. The third kappa shape index (κ3) is 5.12. The molecule has 2 amide bonds. The van der Waals surface area contributed by atoms with Crippen LogP contribution in [0.4, 0.5) is 10.5 Å². The second-order valence-corrected chi connectivity index (χ2v) is 4.25. The number of benzene rings is 1. The Kier molecular flexibility index (Phi) is 6.71. The Morgan fingerprint density at radius 1 is 1.33 bits per heavy atom. The molecule has 1 rings (SSSR count). The average Bonchev–Trinajstić information content (AvgIpc) is 2.48. The minimum Gasteiger partial charge on any atom is -0.480 e. The molecule has 112 valence electrons. The number of nitrogens with one attached hydrogen (secondary N) is 1. The number of aliphatic hydroxyl groups excluding tert-OH is 1. The van der Waals surface area contributed by atoms with E-state index >= 15 is 0 Å². The van der Waals surface area contributed by atoms with E-state index in [9.17, 15) is 9.59 Å². The average molecular weight is 291 g/mol. The van der Waals surface area contributed by atoms with Gasteiger partial charge in [-0.2, -0.15) is 5.26 Å². The largest absolute Gasteiger partial charge is 0.480 e. The summed E-state index contributed by atoms with van der Waals surface area (Å²) in [5.74, 6) is -1.22. The van der Waals surface area contributed by atoms with Crippen molar-refractivity contribution >= 4 is 17.7 Å². The summed E-state index contributed by atoms with van der Waals surface area (Å²) in [6.07, 6.45) is 0.0437. The summed E-state index contributed by atoms with van der Waals surface area (Å²) >= 11 is 0. The van der Waals surface area contributed by atoms with E-state index in [-0.39, 0.29) is 26.0 Å². The van der Waals surface area contributed by atoms with Gasteiger partial charge in [0, 0.05) is 25.3 Å². The molecule has 0 aliphatic rings. The van der Waals surface area contributed by atoms with Crippen LogP contribution >= 0.6 is 0 Å². The molecule has 7 nitrogen and oxygen atoms in total. The van der Waals surface area contributed by atoms with Crippen molar-refractivity contribution in [2.45, 2.75) is 18.9 Å². The lowest BCUT2D eigenvalue weighted by Crippen LogP contribution is -2.48. The van der Waals surface area contributed by atoms with Crippen LogP contribution in [-0.4, -0.2) is 41.4 Å². The Hall–Kier alpha value is -2.59. The van der Waals surface area contributed by atoms with Crippen LogP contribution in [0.3, 0.4) is 0 Å². The van der Waals surface area contributed by atoms with E-state index in [0.29, 0.717) is 5.69 Å².